The lowest BCUT2D eigenvalue weighted by molar-refractivity contribution is 0.385. The summed E-state index contributed by atoms with van der Waals surface area (Å²) >= 11 is 0. The number of aryl methyl sites for hydroxylation is 1. The van der Waals surface area contributed by atoms with Gasteiger partial charge in [0.1, 0.15) is 0 Å². The van der Waals surface area contributed by atoms with Gasteiger partial charge in [-0.15, -0.1) is 0 Å². The Hall–Kier alpha value is -1.18. The van der Waals surface area contributed by atoms with Crippen molar-refractivity contribution in [2.24, 2.45) is 0 Å². The molecule has 2 unspecified atom stereocenters. The summed E-state index contributed by atoms with van der Waals surface area (Å²) in [5, 5.41) is 3.76. The molecule has 16 heavy (non-hydrogen) atoms. The third-order valence-corrected chi connectivity index (χ3v) is 4.19. The topological polar surface area (TPSA) is 15.3 Å². The summed E-state index contributed by atoms with van der Waals surface area (Å²) in [6.07, 6.45) is 5.42. The van der Waals surface area contributed by atoms with E-state index >= 15 is 0 Å². The lowest BCUT2D eigenvalue weighted by Gasteiger charge is -2.45. The fourth-order valence-corrected chi connectivity index (χ4v) is 3.24. The number of para-hydroxylation sites is 1. The van der Waals surface area contributed by atoms with E-state index in [9.17, 15) is 0 Å². The summed E-state index contributed by atoms with van der Waals surface area (Å²) in [5.74, 6) is 0. The van der Waals surface area contributed by atoms with Crippen LogP contribution in [-0.4, -0.2) is 19.1 Å². The van der Waals surface area contributed by atoms with Crippen molar-refractivity contribution in [3.8, 4) is 0 Å². The van der Waals surface area contributed by atoms with Gasteiger partial charge in [0, 0.05) is 19.1 Å². The van der Waals surface area contributed by atoms with Crippen LogP contribution in [0, 0.1) is 6.92 Å². The van der Waals surface area contributed by atoms with E-state index in [0.717, 1.165) is 0 Å². The van der Waals surface area contributed by atoms with Crippen molar-refractivity contribution in [2.75, 3.05) is 17.3 Å². The lowest BCUT2D eigenvalue weighted by atomic mass is 9.86. The Kier molecular flexibility index (Phi) is 2.31. The second-order valence-electron chi connectivity index (χ2n) is 5.18. The zero-order valence-corrected chi connectivity index (χ0v) is 10.2. The molecule has 1 heterocycles. The van der Waals surface area contributed by atoms with Gasteiger partial charge >= 0.3 is 0 Å². The molecule has 0 radical (unpaired) electrons. The van der Waals surface area contributed by atoms with Crippen molar-refractivity contribution >= 4 is 11.4 Å². The van der Waals surface area contributed by atoms with Gasteiger partial charge in [0.05, 0.1) is 11.4 Å². The Morgan fingerprint density at radius 2 is 2.06 bits per heavy atom. The summed E-state index contributed by atoms with van der Waals surface area (Å²) in [7, 11) is 2.25. The van der Waals surface area contributed by atoms with Crippen molar-refractivity contribution in [3.05, 3.63) is 23.8 Å². The predicted octanol–water partition coefficient (Wildman–Crippen LogP) is 3.17. The van der Waals surface area contributed by atoms with Crippen LogP contribution >= 0.6 is 0 Å². The quantitative estimate of drug-likeness (QED) is 0.716. The SMILES string of the molecule is Cc1cccc2c1NC1CCCCC1N2C. The molecule has 1 N–H and O–H groups in total. The predicted molar refractivity (Wildman–Crippen MR) is 69.2 cm³/mol. The minimum atomic E-state index is 0.660. The Morgan fingerprint density at radius 1 is 1.25 bits per heavy atom. The maximum atomic E-state index is 3.76. The molecule has 2 heteroatoms. The number of hydrogen-bond donors (Lipinski definition) is 1. The summed E-state index contributed by atoms with van der Waals surface area (Å²) < 4.78 is 0. The number of likely N-dealkylation sites (N-methyl/N-ethyl adjacent to an activating group) is 1. The van der Waals surface area contributed by atoms with E-state index in [2.05, 4.69) is 42.4 Å². The maximum Gasteiger partial charge on any atom is 0.0610 e. The zero-order valence-electron chi connectivity index (χ0n) is 10.2. The number of rotatable bonds is 0. The fourth-order valence-electron chi connectivity index (χ4n) is 3.24. The first-order chi connectivity index (χ1) is 7.77. The molecule has 1 aliphatic heterocycles. The van der Waals surface area contributed by atoms with E-state index in [4.69, 9.17) is 0 Å². The van der Waals surface area contributed by atoms with Crippen LogP contribution in [0.25, 0.3) is 0 Å². The number of benzene rings is 1. The van der Waals surface area contributed by atoms with Crippen LogP contribution in [0.5, 0.6) is 0 Å². The largest absolute Gasteiger partial charge is 0.378 e. The van der Waals surface area contributed by atoms with Gasteiger partial charge in [-0.05, 0) is 31.4 Å². The summed E-state index contributed by atoms with van der Waals surface area (Å²) in [6, 6.07) is 7.95. The number of nitrogens with zero attached hydrogens (tertiary/aromatic N) is 1. The second-order valence-corrected chi connectivity index (χ2v) is 5.18. The summed E-state index contributed by atoms with van der Waals surface area (Å²) in [5.41, 5.74) is 4.10. The highest BCUT2D eigenvalue weighted by atomic mass is 15.2. The van der Waals surface area contributed by atoms with Crippen molar-refractivity contribution in [1.82, 2.24) is 0 Å². The first-order valence-electron chi connectivity index (χ1n) is 6.36. The van der Waals surface area contributed by atoms with Gasteiger partial charge in [-0.25, -0.2) is 0 Å². The molecule has 86 valence electrons. The van der Waals surface area contributed by atoms with Crippen molar-refractivity contribution in [2.45, 2.75) is 44.7 Å². The van der Waals surface area contributed by atoms with E-state index in [1.165, 1.54) is 42.6 Å². The monoisotopic (exact) mass is 216 g/mol. The first-order valence-corrected chi connectivity index (χ1v) is 6.36. The van der Waals surface area contributed by atoms with Gasteiger partial charge in [0.25, 0.3) is 0 Å². The normalized spacial score (nSPS) is 28.0. The van der Waals surface area contributed by atoms with Crippen LogP contribution < -0.4 is 10.2 Å². The summed E-state index contributed by atoms with van der Waals surface area (Å²) in [6.45, 7) is 2.20. The van der Waals surface area contributed by atoms with E-state index in [-0.39, 0.29) is 0 Å². The Labute approximate surface area is 97.6 Å². The number of anilines is 2. The molecule has 3 rings (SSSR count). The van der Waals surface area contributed by atoms with Crippen LogP contribution in [0.15, 0.2) is 18.2 Å². The number of fused-ring (bicyclic) bond motifs is 2. The van der Waals surface area contributed by atoms with Crippen molar-refractivity contribution in [1.29, 1.82) is 0 Å². The molecule has 0 spiro atoms. The average molecular weight is 216 g/mol. The molecular formula is C14H20N2. The lowest BCUT2D eigenvalue weighted by Crippen LogP contribution is -2.50. The van der Waals surface area contributed by atoms with Gasteiger partial charge in [-0.2, -0.15) is 0 Å². The third kappa shape index (κ3) is 1.40. The molecule has 1 fully saturated rings. The molecule has 0 saturated heterocycles. The van der Waals surface area contributed by atoms with Crippen LogP contribution in [-0.2, 0) is 0 Å². The highest BCUT2D eigenvalue weighted by Crippen LogP contribution is 2.39. The van der Waals surface area contributed by atoms with Crippen molar-refractivity contribution < 1.29 is 0 Å². The molecular weight excluding hydrogens is 196 g/mol. The molecule has 0 amide bonds. The molecule has 2 atom stereocenters. The van der Waals surface area contributed by atoms with E-state index in [0.29, 0.717) is 12.1 Å². The highest BCUT2D eigenvalue weighted by Gasteiger charge is 2.33. The Bertz CT molecular complexity index is 400. The number of nitrogens with one attached hydrogen (secondary N) is 1. The first kappa shape index (κ1) is 10.0. The van der Waals surface area contributed by atoms with Crippen molar-refractivity contribution in [3.63, 3.8) is 0 Å². The maximum absolute atomic E-state index is 3.76. The Morgan fingerprint density at radius 3 is 2.94 bits per heavy atom. The Balaban J connectivity index is 2.03. The van der Waals surface area contributed by atoms with Gasteiger partial charge in [-0.3, -0.25) is 0 Å². The molecule has 1 aromatic rings. The van der Waals surface area contributed by atoms with Gasteiger partial charge in [0.2, 0.25) is 0 Å². The van der Waals surface area contributed by atoms with Gasteiger partial charge in [-0.1, -0.05) is 25.0 Å². The van der Waals surface area contributed by atoms with Crippen LogP contribution in [0.2, 0.25) is 0 Å². The smallest absolute Gasteiger partial charge is 0.0610 e. The standard InChI is InChI=1S/C14H20N2/c1-10-6-5-9-13-14(10)15-11-7-3-4-8-12(11)16(13)2/h5-6,9,11-12,15H,3-4,7-8H2,1-2H3. The molecule has 1 aliphatic carbocycles. The molecule has 0 bridgehead atoms. The van der Waals surface area contributed by atoms with E-state index in [1.54, 1.807) is 0 Å². The van der Waals surface area contributed by atoms with E-state index in [1.807, 2.05) is 0 Å². The molecule has 2 aliphatic rings. The van der Waals surface area contributed by atoms with Crippen LogP contribution in [0.4, 0.5) is 11.4 Å². The minimum absolute atomic E-state index is 0.660. The van der Waals surface area contributed by atoms with E-state index < -0.39 is 0 Å². The minimum Gasteiger partial charge on any atom is -0.378 e. The number of hydrogen-bond acceptors (Lipinski definition) is 2. The van der Waals surface area contributed by atoms with Crippen LogP contribution in [0.3, 0.4) is 0 Å². The van der Waals surface area contributed by atoms with Gasteiger partial charge in [0.15, 0.2) is 0 Å². The molecule has 2 nitrogen and oxygen atoms in total. The fraction of sp³-hybridized carbons (Fsp3) is 0.571. The zero-order chi connectivity index (χ0) is 11.1. The molecule has 0 aromatic heterocycles. The highest BCUT2D eigenvalue weighted by molar-refractivity contribution is 5.76. The third-order valence-electron chi connectivity index (χ3n) is 4.19. The van der Waals surface area contributed by atoms with Crippen LogP contribution in [0.1, 0.15) is 31.2 Å². The molecule has 1 saturated carbocycles. The second kappa shape index (κ2) is 3.69. The average Bonchev–Trinajstić information content (AvgIpc) is 2.31. The molecule has 1 aromatic carbocycles. The summed E-state index contributed by atoms with van der Waals surface area (Å²) in [4.78, 5) is 2.49. The van der Waals surface area contributed by atoms with Gasteiger partial charge < -0.3 is 10.2 Å².